The van der Waals surface area contributed by atoms with Crippen molar-refractivity contribution in [3.8, 4) is 0 Å². The highest BCUT2D eigenvalue weighted by Gasteiger charge is 2.31. The second kappa shape index (κ2) is 15.9. The maximum absolute atomic E-state index is 13.9. The molecule has 0 aliphatic rings. The van der Waals surface area contributed by atoms with E-state index in [4.69, 9.17) is 4.74 Å². The number of hydrogen-bond donors (Lipinski definition) is 2. The van der Waals surface area contributed by atoms with Crippen LogP contribution in [0.15, 0.2) is 84.9 Å². The molecule has 0 bridgehead atoms. The highest BCUT2D eigenvalue weighted by atomic mass is 32.2. The molecule has 3 aromatic rings. The Labute approximate surface area is 249 Å². The van der Waals surface area contributed by atoms with Gasteiger partial charge in [0.25, 0.3) is 10.0 Å². The minimum atomic E-state index is -4.07. The van der Waals surface area contributed by atoms with Crippen LogP contribution in [0.2, 0.25) is 0 Å². The Hall–Kier alpha value is -3.89. The number of amides is 3. The highest BCUT2D eigenvalue weighted by molar-refractivity contribution is 7.92. The molecule has 0 saturated heterocycles. The van der Waals surface area contributed by atoms with Crippen LogP contribution in [0.1, 0.15) is 56.4 Å². The molecule has 3 rings (SSSR count). The van der Waals surface area contributed by atoms with Gasteiger partial charge in [-0.15, -0.1) is 0 Å². The second-order valence-electron chi connectivity index (χ2n) is 10.7. The quantitative estimate of drug-likeness (QED) is 0.230. The number of sulfonamides is 1. The van der Waals surface area contributed by atoms with Gasteiger partial charge in [0.2, 0.25) is 0 Å². The predicted octanol–water partition coefficient (Wildman–Crippen LogP) is 6.18. The standard InChI is InChI=1S/C32H41N3O6S/c1-25(2)19-21-35(32(38)41-23-28-14-8-5-9-15-28)31(37)34(20-11-16-27-12-6-4-7-13-27)24-42(39,40)33-30-18-10-17-29(22-30)26(3)36/h4-10,12-15,17-18,22,25-26,33,36H,11,16,19-21,23-24H2,1-3H3. The van der Waals surface area contributed by atoms with Gasteiger partial charge in [-0.3, -0.25) is 4.72 Å². The van der Waals surface area contributed by atoms with Crippen LogP contribution >= 0.6 is 0 Å². The number of aryl methyl sites for hydroxylation is 1. The molecular weight excluding hydrogens is 554 g/mol. The van der Waals surface area contributed by atoms with Gasteiger partial charge in [-0.05, 0) is 60.9 Å². The summed E-state index contributed by atoms with van der Waals surface area (Å²) in [4.78, 5) is 29.2. The Morgan fingerprint density at radius 3 is 2.14 bits per heavy atom. The molecule has 2 N–H and O–H groups in total. The number of imide groups is 1. The molecular formula is C32H41N3O6S. The number of anilines is 1. The summed E-state index contributed by atoms with van der Waals surface area (Å²) in [6.07, 6.45) is 0.0366. The van der Waals surface area contributed by atoms with Gasteiger partial charge in [-0.2, -0.15) is 0 Å². The minimum absolute atomic E-state index is 0.0153. The first-order valence-electron chi connectivity index (χ1n) is 14.1. The van der Waals surface area contributed by atoms with Crippen molar-refractivity contribution in [1.29, 1.82) is 0 Å². The van der Waals surface area contributed by atoms with E-state index >= 15 is 0 Å². The maximum atomic E-state index is 13.9. The molecule has 3 amide bonds. The van der Waals surface area contributed by atoms with Gasteiger partial charge in [0, 0.05) is 18.8 Å². The number of urea groups is 1. The Morgan fingerprint density at radius 2 is 1.52 bits per heavy atom. The first-order chi connectivity index (χ1) is 20.0. The first kappa shape index (κ1) is 32.6. The number of nitrogens with one attached hydrogen (secondary N) is 1. The Balaban J connectivity index is 1.81. The van der Waals surface area contributed by atoms with Crippen molar-refractivity contribution in [3.63, 3.8) is 0 Å². The molecule has 226 valence electrons. The predicted molar refractivity (Wildman–Crippen MR) is 164 cm³/mol. The number of ether oxygens (including phenoxy) is 1. The van der Waals surface area contributed by atoms with E-state index in [9.17, 15) is 23.1 Å². The van der Waals surface area contributed by atoms with E-state index in [2.05, 4.69) is 4.72 Å². The van der Waals surface area contributed by atoms with Crippen LogP contribution in [0.3, 0.4) is 0 Å². The summed E-state index contributed by atoms with van der Waals surface area (Å²) in [5.74, 6) is -0.468. The van der Waals surface area contributed by atoms with Crippen molar-refractivity contribution in [3.05, 3.63) is 102 Å². The number of carbonyl (C=O) groups excluding carboxylic acids is 2. The topological polar surface area (TPSA) is 116 Å². The van der Waals surface area contributed by atoms with E-state index in [0.29, 0.717) is 24.8 Å². The van der Waals surface area contributed by atoms with Crippen LogP contribution in [-0.4, -0.2) is 54.4 Å². The van der Waals surface area contributed by atoms with E-state index in [-0.39, 0.29) is 31.3 Å². The normalized spacial score (nSPS) is 12.0. The minimum Gasteiger partial charge on any atom is -0.444 e. The molecule has 42 heavy (non-hydrogen) atoms. The van der Waals surface area contributed by atoms with Crippen molar-refractivity contribution >= 4 is 27.8 Å². The average Bonchev–Trinajstić information content (AvgIpc) is 2.96. The third kappa shape index (κ3) is 10.8. The SMILES string of the molecule is CC(C)CCN(C(=O)OCc1ccccc1)C(=O)N(CCCc1ccccc1)CS(=O)(=O)Nc1cccc(C(C)O)c1. The fraction of sp³-hybridized carbons (Fsp3) is 0.375. The third-order valence-corrected chi connectivity index (χ3v) is 7.76. The van der Waals surface area contributed by atoms with Crippen LogP contribution < -0.4 is 4.72 Å². The number of carbonyl (C=O) groups is 2. The molecule has 0 saturated carbocycles. The monoisotopic (exact) mass is 595 g/mol. The van der Waals surface area contributed by atoms with Crippen molar-refractivity contribution in [2.24, 2.45) is 5.92 Å². The number of rotatable bonds is 14. The van der Waals surface area contributed by atoms with Gasteiger partial charge in [0.1, 0.15) is 12.5 Å². The van der Waals surface area contributed by atoms with Crippen LogP contribution in [0, 0.1) is 5.92 Å². The lowest BCUT2D eigenvalue weighted by molar-refractivity contribution is 0.0933. The summed E-state index contributed by atoms with van der Waals surface area (Å²) in [6.45, 7) is 5.72. The number of benzene rings is 3. The number of hydrogen-bond acceptors (Lipinski definition) is 6. The van der Waals surface area contributed by atoms with Gasteiger partial charge in [0.15, 0.2) is 0 Å². The summed E-state index contributed by atoms with van der Waals surface area (Å²) >= 11 is 0. The molecule has 0 aromatic heterocycles. The zero-order valence-electron chi connectivity index (χ0n) is 24.5. The van der Waals surface area contributed by atoms with Crippen molar-refractivity contribution in [2.75, 3.05) is 23.7 Å². The summed E-state index contributed by atoms with van der Waals surface area (Å²) in [5.41, 5.74) is 2.64. The summed E-state index contributed by atoms with van der Waals surface area (Å²) < 4.78 is 34.6. The van der Waals surface area contributed by atoms with Gasteiger partial charge >= 0.3 is 12.1 Å². The molecule has 0 radical (unpaired) electrons. The molecule has 0 aliphatic carbocycles. The van der Waals surface area contributed by atoms with Gasteiger partial charge < -0.3 is 14.7 Å². The fourth-order valence-corrected chi connectivity index (χ4v) is 5.43. The lowest BCUT2D eigenvalue weighted by Crippen LogP contribution is -2.49. The lowest BCUT2D eigenvalue weighted by atomic mass is 10.1. The van der Waals surface area contributed by atoms with Gasteiger partial charge in [-0.25, -0.2) is 22.9 Å². The van der Waals surface area contributed by atoms with Crippen molar-refractivity contribution in [2.45, 2.75) is 52.7 Å². The van der Waals surface area contributed by atoms with Gasteiger partial charge in [0.05, 0.1) is 6.10 Å². The number of aliphatic hydroxyl groups excluding tert-OH is 1. The molecule has 0 heterocycles. The largest absolute Gasteiger partial charge is 0.444 e. The van der Waals surface area contributed by atoms with Gasteiger partial charge in [-0.1, -0.05) is 86.6 Å². The zero-order valence-corrected chi connectivity index (χ0v) is 25.3. The third-order valence-electron chi connectivity index (χ3n) is 6.56. The molecule has 0 aliphatic heterocycles. The van der Waals surface area contributed by atoms with Crippen LogP contribution in [-0.2, 0) is 27.8 Å². The number of aliphatic hydroxyl groups is 1. The maximum Gasteiger partial charge on any atom is 0.418 e. The molecule has 10 heteroatoms. The average molecular weight is 596 g/mol. The van der Waals surface area contributed by atoms with Crippen LogP contribution in [0.5, 0.6) is 0 Å². The Kier molecular flexibility index (Phi) is 12.4. The molecule has 0 spiro atoms. The van der Waals surface area contributed by atoms with E-state index in [0.717, 1.165) is 16.0 Å². The lowest BCUT2D eigenvalue weighted by Gasteiger charge is -2.29. The molecule has 9 nitrogen and oxygen atoms in total. The summed E-state index contributed by atoms with van der Waals surface area (Å²) in [6, 6.07) is 24.5. The van der Waals surface area contributed by atoms with E-state index < -0.39 is 34.1 Å². The Bertz CT molecular complexity index is 1380. The number of nitrogens with zero attached hydrogens (tertiary/aromatic N) is 2. The molecule has 0 fully saturated rings. The smallest absolute Gasteiger partial charge is 0.418 e. The second-order valence-corrected chi connectivity index (χ2v) is 12.3. The van der Waals surface area contributed by atoms with E-state index in [1.165, 1.54) is 4.90 Å². The zero-order chi connectivity index (χ0) is 30.5. The molecule has 1 unspecified atom stereocenters. The van der Waals surface area contributed by atoms with Crippen LogP contribution in [0.25, 0.3) is 0 Å². The summed E-state index contributed by atoms with van der Waals surface area (Å²) in [5, 5.41) is 9.90. The van der Waals surface area contributed by atoms with Crippen LogP contribution in [0.4, 0.5) is 15.3 Å². The first-order valence-corrected chi connectivity index (χ1v) is 15.8. The van der Waals surface area contributed by atoms with Crippen molar-refractivity contribution < 1.29 is 27.9 Å². The van der Waals surface area contributed by atoms with Crippen molar-refractivity contribution in [1.82, 2.24) is 9.80 Å². The van der Waals surface area contributed by atoms with E-state index in [1.54, 1.807) is 31.2 Å². The molecule has 1 atom stereocenters. The fourth-order valence-electron chi connectivity index (χ4n) is 4.23. The molecule has 3 aromatic carbocycles. The Morgan fingerprint density at radius 1 is 0.881 bits per heavy atom. The van der Waals surface area contributed by atoms with E-state index in [1.807, 2.05) is 74.5 Å². The highest BCUT2D eigenvalue weighted by Crippen LogP contribution is 2.19. The summed E-state index contributed by atoms with van der Waals surface area (Å²) in [7, 11) is -4.07.